The van der Waals surface area contributed by atoms with Gasteiger partial charge in [-0.3, -0.25) is 4.79 Å². The van der Waals surface area contributed by atoms with E-state index in [0.29, 0.717) is 5.76 Å². The number of carbonyl (C=O) groups is 1. The summed E-state index contributed by atoms with van der Waals surface area (Å²) in [5.41, 5.74) is 1.71. The van der Waals surface area contributed by atoms with E-state index in [0.717, 1.165) is 24.1 Å². The van der Waals surface area contributed by atoms with Crippen LogP contribution in [0.5, 0.6) is 0 Å². The summed E-state index contributed by atoms with van der Waals surface area (Å²) in [5, 5.41) is 2.91. The zero-order chi connectivity index (χ0) is 11.7. The second-order valence-corrected chi connectivity index (χ2v) is 4.21. The molecule has 86 valence electrons. The van der Waals surface area contributed by atoms with Gasteiger partial charge in [0.1, 0.15) is 0 Å². The molecule has 2 aromatic rings. The first-order chi connectivity index (χ1) is 8.33. The number of benzene rings is 1. The van der Waals surface area contributed by atoms with Gasteiger partial charge in [0.05, 0.1) is 6.20 Å². The second-order valence-electron chi connectivity index (χ2n) is 4.21. The summed E-state index contributed by atoms with van der Waals surface area (Å²) in [4.78, 5) is 15.5. The number of nitrogens with zero attached hydrogens (tertiary/aromatic N) is 1. The average molecular weight is 228 g/mol. The number of aromatic nitrogens is 1. The summed E-state index contributed by atoms with van der Waals surface area (Å²) in [7, 11) is 0. The highest BCUT2D eigenvalue weighted by Gasteiger charge is 2.29. The number of hydrogen-bond donors (Lipinski definition) is 1. The zero-order valence-electron chi connectivity index (χ0n) is 9.22. The quantitative estimate of drug-likeness (QED) is 0.878. The summed E-state index contributed by atoms with van der Waals surface area (Å²) >= 11 is 0. The molecule has 4 nitrogen and oxygen atoms in total. The van der Waals surface area contributed by atoms with E-state index in [1.54, 1.807) is 6.20 Å². The molecule has 4 heteroatoms. The van der Waals surface area contributed by atoms with Crippen LogP contribution in [0.25, 0.3) is 11.3 Å². The SMILES string of the molecule is O=C(Nc1cccc(-c2cnco2)c1)C1CC1. The van der Waals surface area contributed by atoms with Crippen molar-refractivity contribution in [3.05, 3.63) is 36.9 Å². The average Bonchev–Trinajstić information content (AvgIpc) is 3.05. The number of amides is 1. The molecule has 1 amide bonds. The number of oxazole rings is 1. The van der Waals surface area contributed by atoms with E-state index < -0.39 is 0 Å². The lowest BCUT2D eigenvalue weighted by Crippen LogP contribution is -2.13. The molecule has 17 heavy (non-hydrogen) atoms. The minimum absolute atomic E-state index is 0.111. The minimum atomic E-state index is 0.111. The van der Waals surface area contributed by atoms with Gasteiger partial charge in [-0.1, -0.05) is 12.1 Å². The monoisotopic (exact) mass is 228 g/mol. The topological polar surface area (TPSA) is 55.1 Å². The third kappa shape index (κ3) is 2.20. The summed E-state index contributed by atoms with van der Waals surface area (Å²) in [5.74, 6) is 1.02. The molecule has 0 atom stereocenters. The van der Waals surface area contributed by atoms with Gasteiger partial charge in [0.2, 0.25) is 5.91 Å². The van der Waals surface area contributed by atoms with Crippen LogP contribution in [0, 0.1) is 5.92 Å². The van der Waals surface area contributed by atoms with Crippen LogP contribution in [0.4, 0.5) is 5.69 Å². The van der Waals surface area contributed by atoms with Crippen LogP contribution in [0.3, 0.4) is 0 Å². The summed E-state index contributed by atoms with van der Waals surface area (Å²) in [6, 6.07) is 7.58. The van der Waals surface area contributed by atoms with Crippen LogP contribution < -0.4 is 5.32 Å². The Morgan fingerprint density at radius 2 is 2.29 bits per heavy atom. The van der Waals surface area contributed by atoms with Crippen molar-refractivity contribution in [3.63, 3.8) is 0 Å². The Morgan fingerprint density at radius 3 is 3.00 bits per heavy atom. The van der Waals surface area contributed by atoms with E-state index in [1.165, 1.54) is 6.39 Å². The smallest absolute Gasteiger partial charge is 0.227 e. The molecule has 3 rings (SSSR count). The Hall–Kier alpha value is -2.10. The second kappa shape index (κ2) is 4.05. The standard InChI is InChI=1S/C13H12N2O2/c16-13(9-4-5-9)15-11-3-1-2-10(6-11)12-7-14-8-17-12/h1-3,6-9H,4-5H2,(H,15,16). The van der Waals surface area contributed by atoms with Crippen LogP contribution in [-0.4, -0.2) is 10.9 Å². The number of nitrogens with one attached hydrogen (secondary N) is 1. The molecule has 0 unspecified atom stereocenters. The van der Waals surface area contributed by atoms with Crippen LogP contribution in [0.1, 0.15) is 12.8 Å². The molecule has 1 heterocycles. The van der Waals surface area contributed by atoms with Gasteiger partial charge in [0.25, 0.3) is 0 Å². The van der Waals surface area contributed by atoms with Gasteiger partial charge < -0.3 is 9.73 Å². The van der Waals surface area contributed by atoms with Gasteiger partial charge in [-0.05, 0) is 25.0 Å². The largest absolute Gasteiger partial charge is 0.444 e. The van der Waals surface area contributed by atoms with Crippen LogP contribution >= 0.6 is 0 Å². The summed E-state index contributed by atoms with van der Waals surface area (Å²) < 4.78 is 5.22. The number of rotatable bonds is 3. The van der Waals surface area contributed by atoms with E-state index in [-0.39, 0.29) is 11.8 Å². The fourth-order valence-electron chi connectivity index (χ4n) is 1.70. The molecule has 1 saturated carbocycles. The van der Waals surface area contributed by atoms with E-state index in [2.05, 4.69) is 10.3 Å². The van der Waals surface area contributed by atoms with E-state index in [1.807, 2.05) is 24.3 Å². The lowest BCUT2D eigenvalue weighted by molar-refractivity contribution is -0.117. The van der Waals surface area contributed by atoms with Gasteiger partial charge in [0, 0.05) is 17.2 Å². The van der Waals surface area contributed by atoms with Gasteiger partial charge in [-0.25, -0.2) is 4.98 Å². The molecule has 0 radical (unpaired) electrons. The van der Waals surface area contributed by atoms with Crippen molar-refractivity contribution in [2.24, 2.45) is 5.92 Å². The molecule has 1 aliphatic carbocycles. The Morgan fingerprint density at radius 1 is 1.41 bits per heavy atom. The third-order valence-electron chi connectivity index (χ3n) is 2.80. The summed E-state index contributed by atoms with van der Waals surface area (Å²) in [6.45, 7) is 0. The van der Waals surface area contributed by atoms with Crippen LogP contribution in [-0.2, 0) is 4.79 Å². The van der Waals surface area contributed by atoms with Crippen LogP contribution in [0.15, 0.2) is 41.3 Å². The van der Waals surface area contributed by atoms with Crippen molar-refractivity contribution in [3.8, 4) is 11.3 Å². The van der Waals surface area contributed by atoms with Gasteiger partial charge in [-0.15, -0.1) is 0 Å². The number of hydrogen-bond acceptors (Lipinski definition) is 3. The maximum atomic E-state index is 11.6. The Kier molecular flexibility index (Phi) is 2.40. The number of anilines is 1. The van der Waals surface area contributed by atoms with E-state index in [9.17, 15) is 4.79 Å². The first kappa shape index (κ1) is 10.1. The maximum Gasteiger partial charge on any atom is 0.227 e. The molecule has 1 fully saturated rings. The van der Waals surface area contributed by atoms with Crippen LogP contribution in [0.2, 0.25) is 0 Å². The maximum absolute atomic E-state index is 11.6. The third-order valence-corrected chi connectivity index (χ3v) is 2.80. The molecular formula is C13H12N2O2. The molecule has 1 aliphatic rings. The Bertz CT molecular complexity index is 530. The van der Waals surface area contributed by atoms with Gasteiger partial charge >= 0.3 is 0 Å². The first-order valence-electron chi connectivity index (χ1n) is 5.63. The minimum Gasteiger partial charge on any atom is -0.444 e. The molecule has 0 spiro atoms. The first-order valence-corrected chi connectivity index (χ1v) is 5.63. The molecule has 0 bridgehead atoms. The normalized spacial score (nSPS) is 14.6. The zero-order valence-corrected chi connectivity index (χ0v) is 9.22. The molecule has 0 saturated heterocycles. The molecule has 1 N–H and O–H groups in total. The van der Waals surface area contributed by atoms with Crippen molar-refractivity contribution in [2.75, 3.05) is 5.32 Å². The van der Waals surface area contributed by atoms with Crippen molar-refractivity contribution in [1.29, 1.82) is 0 Å². The molecule has 1 aromatic carbocycles. The lowest BCUT2D eigenvalue weighted by Gasteiger charge is -2.05. The fourth-order valence-corrected chi connectivity index (χ4v) is 1.70. The Balaban J connectivity index is 1.81. The fraction of sp³-hybridized carbons (Fsp3) is 0.231. The molecule has 1 aromatic heterocycles. The highest BCUT2D eigenvalue weighted by molar-refractivity contribution is 5.94. The van der Waals surface area contributed by atoms with Crippen molar-refractivity contribution in [1.82, 2.24) is 4.98 Å². The highest BCUT2D eigenvalue weighted by Crippen LogP contribution is 2.30. The van der Waals surface area contributed by atoms with Gasteiger partial charge in [0.15, 0.2) is 12.2 Å². The highest BCUT2D eigenvalue weighted by atomic mass is 16.3. The summed E-state index contributed by atoms with van der Waals surface area (Å²) in [6.07, 6.45) is 5.06. The van der Waals surface area contributed by atoms with Crippen molar-refractivity contribution >= 4 is 11.6 Å². The van der Waals surface area contributed by atoms with Gasteiger partial charge in [-0.2, -0.15) is 0 Å². The predicted octanol–water partition coefficient (Wildman–Crippen LogP) is 2.69. The number of carbonyl (C=O) groups excluding carboxylic acids is 1. The molecular weight excluding hydrogens is 216 g/mol. The Labute approximate surface area is 98.7 Å². The molecule has 0 aliphatic heterocycles. The lowest BCUT2D eigenvalue weighted by atomic mass is 10.1. The van der Waals surface area contributed by atoms with E-state index >= 15 is 0 Å². The van der Waals surface area contributed by atoms with E-state index in [4.69, 9.17) is 4.42 Å². The van der Waals surface area contributed by atoms with Crippen molar-refractivity contribution in [2.45, 2.75) is 12.8 Å². The van der Waals surface area contributed by atoms with Crippen molar-refractivity contribution < 1.29 is 9.21 Å². The predicted molar refractivity (Wildman–Crippen MR) is 63.3 cm³/mol.